The van der Waals surface area contributed by atoms with Gasteiger partial charge in [0.15, 0.2) is 0 Å². The van der Waals surface area contributed by atoms with Crippen molar-refractivity contribution in [2.45, 2.75) is 13.1 Å². The summed E-state index contributed by atoms with van der Waals surface area (Å²) in [5.41, 5.74) is 0.867. The molecule has 118 valence electrons. The number of piperazine rings is 1. The van der Waals surface area contributed by atoms with Gasteiger partial charge in [0, 0.05) is 31.2 Å². The van der Waals surface area contributed by atoms with E-state index in [0.717, 1.165) is 37.6 Å². The Morgan fingerprint density at radius 3 is 2.50 bits per heavy atom. The van der Waals surface area contributed by atoms with Crippen LogP contribution in [-0.4, -0.2) is 57.8 Å². The van der Waals surface area contributed by atoms with Gasteiger partial charge >= 0.3 is 5.69 Å². The number of benzene rings is 1. The molecule has 2 heterocycles. The van der Waals surface area contributed by atoms with E-state index >= 15 is 0 Å². The van der Waals surface area contributed by atoms with Crippen LogP contribution in [-0.2, 0) is 13.1 Å². The monoisotopic (exact) mass is 321 g/mol. The molecule has 7 heteroatoms. The molecule has 1 aliphatic rings. The third-order valence-corrected chi connectivity index (χ3v) is 4.30. The Balaban J connectivity index is 1.73. The minimum absolute atomic E-state index is 0.168. The second kappa shape index (κ2) is 6.64. The summed E-state index contributed by atoms with van der Waals surface area (Å²) in [5.74, 6) is 0.782. The number of rotatable bonds is 4. The largest absolute Gasteiger partial charge is 0.343 e. The van der Waals surface area contributed by atoms with E-state index in [1.807, 2.05) is 24.3 Å². The Bertz CT molecular complexity index is 670. The van der Waals surface area contributed by atoms with Crippen LogP contribution in [0.1, 0.15) is 11.4 Å². The van der Waals surface area contributed by atoms with E-state index in [1.54, 1.807) is 4.57 Å². The molecular weight excluding hydrogens is 302 g/mol. The zero-order chi connectivity index (χ0) is 15.5. The quantitative estimate of drug-likeness (QED) is 0.913. The molecule has 1 saturated heterocycles. The Labute approximate surface area is 134 Å². The van der Waals surface area contributed by atoms with Gasteiger partial charge in [-0.05, 0) is 24.7 Å². The van der Waals surface area contributed by atoms with Crippen LogP contribution in [0.3, 0.4) is 0 Å². The number of H-pyrrole nitrogens is 1. The number of nitrogens with one attached hydrogen (secondary N) is 1. The number of halogens is 1. The topological polar surface area (TPSA) is 57.2 Å². The first-order valence-corrected chi connectivity index (χ1v) is 7.79. The number of aromatic nitrogens is 3. The van der Waals surface area contributed by atoms with Crippen molar-refractivity contribution in [3.05, 3.63) is 51.2 Å². The third kappa shape index (κ3) is 3.58. The zero-order valence-corrected chi connectivity index (χ0v) is 13.4. The molecule has 1 N–H and O–H groups in total. The molecule has 0 atom stereocenters. The third-order valence-electron chi connectivity index (χ3n) is 4.05. The number of aromatic amines is 1. The van der Waals surface area contributed by atoms with E-state index in [-0.39, 0.29) is 5.69 Å². The molecule has 2 aromatic rings. The average Bonchev–Trinajstić information content (AvgIpc) is 2.85. The van der Waals surface area contributed by atoms with Gasteiger partial charge in [-0.1, -0.05) is 23.7 Å². The standard InChI is InChI=1S/C15H20ClN5O/c1-19-6-8-20(9-7-19)11-14-17-18-15(22)21(14)10-12-2-4-13(16)5-3-12/h2-5H,6-11H2,1H3,(H,18,22). The molecule has 1 fully saturated rings. The predicted molar refractivity (Wildman–Crippen MR) is 86.2 cm³/mol. The fraction of sp³-hybridized carbons (Fsp3) is 0.467. The van der Waals surface area contributed by atoms with Crippen molar-refractivity contribution in [3.63, 3.8) is 0 Å². The van der Waals surface area contributed by atoms with Crippen molar-refractivity contribution in [2.24, 2.45) is 0 Å². The molecule has 0 saturated carbocycles. The van der Waals surface area contributed by atoms with Crippen molar-refractivity contribution in [1.82, 2.24) is 24.6 Å². The van der Waals surface area contributed by atoms with Crippen LogP contribution in [0.4, 0.5) is 0 Å². The normalized spacial score (nSPS) is 17.0. The Kier molecular flexibility index (Phi) is 4.61. The molecule has 1 aliphatic heterocycles. The van der Waals surface area contributed by atoms with E-state index in [4.69, 9.17) is 11.6 Å². The summed E-state index contributed by atoms with van der Waals surface area (Å²) in [6, 6.07) is 7.53. The molecular formula is C15H20ClN5O. The summed E-state index contributed by atoms with van der Waals surface area (Å²) in [6.07, 6.45) is 0. The van der Waals surface area contributed by atoms with Gasteiger partial charge in [0.1, 0.15) is 5.82 Å². The van der Waals surface area contributed by atoms with Gasteiger partial charge in [0.05, 0.1) is 13.1 Å². The van der Waals surface area contributed by atoms with Crippen LogP contribution in [0, 0.1) is 0 Å². The molecule has 0 amide bonds. The maximum Gasteiger partial charge on any atom is 0.343 e. The lowest BCUT2D eigenvalue weighted by Gasteiger charge is -2.31. The lowest BCUT2D eigenvalue weighted by Crippen LogP contribution is -2.44. The highest BCUT2D eigenvalue weighted by Gasteiger charge is 2.17. The molecule has 0 spiro atoms. The van der Waals surface area contributed by atoms with Crippen molar-refractivity contribution in [1.29, 1.82) is 0 Å². The second-order valence-corrected chi connectivity index (χ2v) is 6.17. The van der Waals surface area contributed by atoms with Crippen LogP contribution >= 0.6 is 11.6 Å². The summed E-state index contributed by atoms with van der Waals surface area (Å²) >= 11 is 5.90. The molecule has 0 radical (unpaired) electrons. The molecule has 0 unspecified atom stereocenters. The summed E-state index contributed by atoms with van der Waals surface area (Å²) in [6.45, 7) is 5.30. The maximum absolute atomic E-state index is 12.0. The highest BCUT2D eigenvalue weighted by Crippen LogP contribution is 2.11. The van der Waals surface area contributed by atoms with Crippen LogP contribution in [0.15, 0.2) is 29.1 Å². The first-order valence-electron chi connectivity index (χ1n) is 7.41. The molecule has 0 bridgehead atoms. The number of hydrogen-bond donors (Lipinski definition) is 1. The Hall–Kier alpha value is -1.63. The first kappa shape index (κ1) is 15.3. The summed E-state index contributed by atoms with van der Waals surface area (Å²) < 4.78 is 1.70. The van der Waals surface area contributed by atoms with E-state index in [2.05, 4.69) is 27.0 Å². The van der Waals surface area contributed by atoms with Gasteiger partial charge in [0.25, 0.3) is 0 Å². The smallest absolute Gasteiger partial charge is 0.304 e. The molecule has 1 aromatic carbocycles. The molecule has 1 aromatic heterocycles. The van der Waals surface area contributed by atoms with Crippen LogP contribution < -0.4 is 5.69 Å². The van der Waals surface area contributed by atoms with E-state index in [0.29, 0.717) is 18.1 Å². The summed E-state index contributed by atoms with van der Waals surface area (Å²) in [5, 5.41) is 7.44. The van der Waals surface area contributed by atoms with Gasteiger partial charge in [-0.3, -0.25) is 9.47 Å². The van der Waals surface area contributed by atoms with Crippen LogP contribution in [0.2, 0.25) is 5.02 Å². The lowest BCUT2D eigenvalue weighted by atomic mass is 10.2. The minimum Gasteiger partial charge on any atom is -0.304 e. The van der Waals surface area contributed by atoms with Gasteiger partial charge < -0.3 is 4.90 Å². The van der Waals surface area contributed by atoms with Gasteiger partial charge in [-0.2, -0.15) is 5.10 Å². The fourth-order valence-electron chi connectivity index (χ4n) is 2.61. The highest BCUT2D eigenvalue weighted by molar-refractivity contribution is 6.30. The van der Waals surface area contributed by atoms with Gasteiger partial charge in [-0.25, -0.2) is 9.89 Å². The molecule has 6 nitrogen and oxygen atoms in total. The molecule has 0 aliphatic carbocycles. The maximum atomic E-state index is 12.0. The second-order valence-electron chi connectivity index (χ2n) is 5.74. The van der Waals surface area contributed by atoms with Crippen molar-refractivity contribution < 1.29 is 0 Å². The fourth-order valence-corrected chi connectivity index (χ4v) is 2.74. The lowest BCUT2D eigenvalue weighted by molar-refractivity contribution is 0.144. The Morgan fingerprint density at radius 2 is 1.82 bits per heavy atom. The SMILES string of the molecule is CN1CCN(Cc2n[nH]c(=O)n2Cc2ccc(Cl)cc2)CC1. The number of likely N-dealkylation sites (N-methyl/N-ethyl adjacent to an activating group) is 1. The van der Waals surface area contributed by atoms with E-state index in [9.17, 15) is 4.79 Å². The van der Waals surface area contributed by atoms with Crippen LogP contribution in [0.25, 0.3) is 0 Å². The van der Waals surface area contributed by atoms with E-state index < -0.39 is 0 Å². The van der Waals surface area contributed by atoms with Gasteiger partial charge in [0.2, 0.25) is 0 Å². The van der Waals surface area contributed by atoms with Crippen molar-refractivity contribution in [3.8, 4) is 0 Å². The summed E-state index contributed by atoms with van der Waals surface area (Å²) in [7, 11) is 2.13. The first-order chi connectivity index (χ1) is 10.6. The van der Waals surface area contributed by atoms with Crippen molar-refractivity contribution >= 4 is 11.6 Å². The summed E-state index contributed by atoms with van der Waals surface area (Å²) in [4.78, 5) is 16.6. The zero-order valence-electron chi connectivity index (χ0n) is 12.6. The van der Waals surface area contributed by atoms with Crippen molar-refractivity contribution in [2.75, 3.05) is 33.2 Å². The van der Waals surface area contributed by atoms with Crippen LogP contribution in [0.5, 0.6) is 0 Å². The van der Waals surface area contributed by atoms with E-state index in [1.165, 1.54) is 0 Å². The minimum atomic E-state index is -0.168. The highest BCUT2D eigenvalue weighted by atomic mass is 35.5. The number of hydrogen-bond acceptors (Lipinski definition) is 4. The predicted octanol–water partition coefficient (Wildman–Crippen LogP) is 1.02. The molecule has 22 heavy (non-hydrogen) atoms. The number of nitrogens with zero attached hydrogens (tertiary/aromatic N) is 4. The average molecular weight is 322 g/mol. The Morgan fingerprint density at radius 1 is 1.14 bits per heavy atom. The van der Waals surface area contributed by atoms with Gasteiger partial charge in [-0.15, -0.1) is 0 Å². The molecule has 3 rings (SSSR count).